The Kier molecular flexibility index (Phi) is 4.85. The highest BCUT2D eigenvalue weighted by Gasteiger charge is 2.26. The molecule has 2 heterocycles. The molecule has 0 aliphatic carbocycles. The van der Waals surface area contributed by atoms with Crippen LogP contribution in [0.15, 0.2) is 47.2 Å². The van der Waals surface area contributed by atoms with Gasteiger partial charge in [-0.3, -0.25) is 9.78 Å². The van der Waals surface area contributed by atoms with Crippen LogP contribution in [-0.2, 0) is 0 Å². The van der Waals surface area contributed by atoms with Crippen molar-refractivity contribution in [1.82, 2.24) is 14.9 Å². The van der Waals surface area contributed by atoms with E-state index in [1.54, 1.807) is 36.5 Å². The molecule has 0 aliphatic rings. The summed E-state index contributed by atoms with van der Waals surface area (Å²) in [6.07, 6.45) is 3.76. The Morgan fingerprint density at radius 2 is 2.04 bits per heavy atom. The molecule has 2 aromatic heterocycles. The molecule has 6 nitrogen and oxygen atoms in total. The number of rotatable bonds is 4. The fourth-order valence-corrected chi connectivity index (χ4v) is 3.01. The fourth-order valence-electron chi connectivity index (χ4n) is 2.65. The molecule has 1 amide bonds. The quantitative estimate of drug-likeness (QED) is 0.652. The number of hydrogen-bond acceptors (Lipinski definition) is 4. The average molecular weight is 402 g/mol. The molecular formula is C18H16BrN3O3. The molecule has 3 rings (SSSR count). The Hall–Kier alpha value is -2.67. The number of halogens is 1. The molecule has 0 saturated carbocycles. The van der Waals surface area contributed by atoms with E-state index in [4.69, 9.17) is 0 Å². The highest BCUT2D eigenvalue weighted by Crippen LogP contribution is 2.33. The summed E-state index contributed by atoms with van der Waals surface area (Å²) in [6, 6.07) is 8.06. The van der Waals surface area contributed by atoms with E-state index >= 15 is 0 Å². The number of ketones is 1. The topological polar surface area (TPSA) is 84.2 Å². The first-order chi connectivity index (χ1) is 12.0. The summed E-state index contributed by atoms with van der Waals surface area (Å²) >= 11 is 3.28. The number of nitrogens with zero attached hydrogens (tertiary/aromatic N) is 2. The number of amides is 1. The Balaban J connectivity index is 2.17. The third-order valence-corrected chi connectivity index (χ3v) is 4.21. The maximum absolute atomic E-state index is 12.9. The van der Waals surface area contributed by atoms with Gasteiger partial charge >= 0.3 is 6.03 Å². The molecule has 0 atom stereocenters. The maximum Gasteiger partial charge on any atom is 0.328 e. The van der Waals surface area contributed by atoms with Crippen molar-refractivity contribution in [3.8, 4) is 5.88 Å². The van der Waals surface area contributed by atoms with Gasteiger partial charge < -0.3 is 10.4 Å². The number of aromatic nitrogens is 2. The molecule has 0 spiro atoms. The van der Waals surface area contributed by atoms with Crippen LogP contribution in [0.25, 0.3) is 10.9 Å². The first-order valence-corrected chi connectivity index (χ1v) is 8.59. The van der Waals surface area contributed by atoms with Crippen molar-refractivity contribution in [2.45, 2.75) is 13.3 Å². The predicted molar refractivity (Wildman–Crippen MR) is 98.1 cm³/mol. The number of nitrogens with one attached hydrogen (secondary N) is 1. The number of pyridine rings is 1. The number of fused-ring (bicyclic) bond motifs is 1. The van der Waals surface area contributed by atoms with Gasteiger partial charge in [0.2, 0.25) is 11.7 Å². The van der Waals surface area contributed by atoms with E-state index in [-0.39, 0.29) is 11.4 Å². The van der Waals surface area contributed by atoms with Gasteiger partial charge in [0.05, 0.1) is 11.1 Å². The maximum atomic E-state index is 12.9. The van der Waals surface area contributed by atoms with Crippen molar-refractivity contribution in [3.63, 3.8) is 0 Å². The summed E-state index contributed by atoms with van der Waals surface area (Å²) < 4.78 is 1.78. The van der Waals surface area contributed by atoms with Gasteiger partial charge in [0.25, 0.3) is 0 Å². The fraction of sp³-hybridized carbons (Fsp3) is 0.167. The summed E-state index contributed by atoms with van der Waals surface area (Å²) in [4.78, 5) is 29.3. The van der Waals surface area contributed by atoms with E-state index in [9.17, 15) is 14.7 Å². The zero-order chi connectivity index (χ0) is 18.0. The second-order valence-electron chi connectivity index (χ2n) is 5.50. The minimum Gasteiger partial charge on any atom is -0.494 e. The molecule has 0 radical (unpaired) electrons. The SMILES string of the molecule is CCCNC(=O)n1c(O)c(C(=O)c2cncc(Br)c2)c2ccccc21. The van der Waals surface area contributed by atoms with E-state index < -0.39 is 11.8 Å². The van der Waals surface area contributed by atoms with E-state index in [1.807, 2.05) is 6.92 Å². The van der Waals surface area contributed by atoms with Crippen molar-refractivity contribution in [1.29, 1.82) is 0 Å². The van der Waals surface area contributed by atoms with E-state index in [0.29, 0.717) is 27.5 Å². The van der Waals surface area contributed by atoms with Crippen LogP contribution in [0.5, 0.6) is 5.88 Å². The Morgan fingerprint density at radius 3 is 2.76 bits per heavy atom. The van der Waals surface area contributed by atoms with Gasteiger partial charge in [-0.05, 0) is 34.5 Å². The molecule has 0 fully saturated rings. The van der Waals surface area contributed by atoms with Gasteiger partial charge in [-0.15, -0.1) is 0 Å². The predicted octanol–water partition coefficient (Wildman–Crippen LogP) is 3.70. The molecule has 0 saturated heterocycles. The largest absolute Gasteiger partial charge is 0.494 e. The van der Waals surface area contributed by atoms with E-state index in [2.05, 4.69) is 26.2 Å². The summed E-state index contributed by atoms with van der Waals surface area (Å²) in [5.41, 5.74) is 0.878. The van der Waals surface area contributed by atoms with Gasteiger partial charge in [-0.25, -0.2) is 9.36 Å². The van der Waals surface area contributed by atoms with Crippen LogP contribution in [0.1, 0.15) is 29.3 Å². The molecule has 0 aliphatic heterocycles. The van der Waals surface area contributed by atoms with Crippen LogP contribution >= 0.6 is 15.9 Å². The van der Waals surface area contributed by atoms with Gasteiger partial charge in [-0.1, -0.05) is 25.1 Å². The van der Waals surface area contributed by atoms with E-state index in [1.165, 1.54) is 6.20 Å². The first-order valence-electron chi connectivity index (χ1n) is 7.80. The second-order valence-corrected chi connectivity index (χ2v) is 6.42. The molecule has 0 bridgehead atoms. The van der Waals surface area contributed by atoms with Gasteiger partial charge in [0.15, 0.2) is 0 Å². The first kappa shape index (κ1) is 17.2. The van der Waals surface area contributed by atoms with Crippen LogP contribution in [0.3, 0.4) is 0 Å². The number of carbonyl (C=O) groups excluding carboxylic acids is 2. The Bertz CT molecular complexity index is 965. The highest BCUT2D eigenvalue weighted by atomic mass is 79.9. The molecule has 128 valence electrons. The minimum absolute atomic E-state index is 0.0853. The lowest BCUT2D eigenvalue weighted by Crippen LogP contribution is -2.28. The molecule has 1 aromatic carbocycles. The van der Waals surface area contributed by atoms with Gasteiger partial charge in [0.1, 0.15) is 0 Å². The molecule has 25 heavy (non-hydrogen) atoms. The Morgan fingerprint density at radius 1 is 1.28 bits per heavy atom. The van der Waals surface area contributed by atoms with Crippen LogP contribution in [0.2, 0.25) is 0 Å². The van der Waals surface area contributed by atoms with Crippen molar-refractivity contribution in [2.75, 3.05) is 6.54 Å². The van der Waals surface area contributed by atoms with Crippen LogP contribution in [0, 0.1) is 0 Å². The lowest BCUT2D eigenvalue weighted by Gasteiger charge is -2.07. The molecule has 0 unspecified atom stereocenters. The van der Waals surface area contributed by atoms with Crippen LogP contribution < -0.4 is 5.32 Å². The smallest absolute Gasteiger partial charge is 0.328 e. The minimum atomic E-state index is -0.470. The highest BCUT2D eigenvalue weighted by molar-refractivity contribution is 9.10. The lowest BCUT2D eigenvalue weighted by atomic mass is 10.0. The molecule has 7 heteroatoms. The zero-order valence-corrected chi connectivity index (χ0v) is 15.1. The third kappa shape index (κ3) is 3.15. The van der Waals surface area contributed by atoms with Gasteiger partial charge in [0, 0.05) is 34.4 Å². The lowest BCUT2D eigenvalue weighted by molar-refractivity contribution is 0.103. The summed E-state index contributed by atoms with van der Waals surface area (Å²) in [6.45, 7) is 2.41. The average Bonchev–Trinajstić information content (AvgIpc) is 2.91. The second kappa shape index (κ2) is 7.06. The number of para-hydroxylation sites is 1. The summed E-state index contributed by atoms with van der Waals surface area (Å²) in [5, 5.41) is 13.9. The summed E-state index contributed by atoms with van der Waals surface area (Å²) in [5.74, 6) is -0.774. The normalized spacial score (nSPS) is 10.8. The summed E-state index contributed by atoms with van der Waals surface area (Å²) in [7, 11) is 0. The van der Waals surface area contributed by atoms with Gasteiger partial charge in [-0.2, -0.15) is 0 Å². The number of aromatic hydroxyl groups is 1. The number of carbonyl (C=O) groups is 2. The monoisotopic (exact) mass is 401 g/mol. The number of benzene rings is 1. The van der Waals surface area contributed by atoms with Crippen LogP contribution in [0.4, 0.5) is 4.79 Å². The standard InChI is InChI=1S/C18H16BrN3O3/c1-2-7-21-18(25)22-14-6-4-3-5-13(14)15(17(22)24)16(23)11-8-12(19)10-20-9-11/h3-6,8-10,24H,2,7H2,1H3,(H,21,25). The Labute approximate surface area is 152 Å². The number of hydrogen-bond donors (Lipinski definition) is 2. The molecule has 2 N–H and O–H groups in total. The van der Waals surface area contributed by atoms with Crippen molar-refractivity contribution in [3.05, 3.63) is 58.3 Å². The molecular weight excluding hydrogens is 386 g/mol. The van der Waals surface area contributed by atoms with Crippen molar-refractivity contribution in [2.24, 2.45) is 0 Å². The third-order valence-electron chi connectivity index (χ3n) is 3.77. The van der Waals surface area contributed by atoms with Crippen molar-refractivity contribution < 1.29 is 14.7 Å². The van der Waals surface area contributed by atoms with Crippen LogP contribution in [-0.4, -0.2) is 33.0 Å². The molecule has 3 aromatic rings. The zero-order valence-electron chi connectivity index (χ0n) is 13.5. The van der Waals surface area contributed by atoms with E-state index in [0.717, 1.165) is 11.0 Å². The van der Waals surface area contributed by atoms with Crippen molar-refractivity contribution >= 4 is 38.6 Å².